The van der Waals surface area contributed by atoms with Crippen LogP contribution in [0.3, 0.4) is 0 Å². The lowest BCUT2D eigenvalue weighted by molar-refractivity contribution is 0.0780. The predicted molar refractivity (Wildman–Crippen MR) is 71.7 cm³/mol. The van der Waals surface area contributed by atoms with Crippen LogP contribution >= 0.6 is 11.3 Å². The number of nitrogens with one attached hydrogen (secondary N) is 1. The zero-order valence-corrected chi connectivity index (χ0v) is 11.1. The second-order valence-electron chi connectivity index (χ2n) is 3.78. The van der Waals surface area contributed by atoms with Gasteiger partial charge in [-0.05, 0) is 11.4 Å². The van der Waals surface area contributed by atoms with Gasteiger partial charge in [-0.15, -0.1) is 11.3 Å². The number of carbonyl (C=O) groups is 1. The monoisotopic (exact) mass is 262 g/mol. The molecule has 0 aliphatic carbocycles. The van der Waals surface area contributed by atoms with E-state index in [-0.39, 0.29) is 5.91 Å². The molecule has 1 amide bonds. The van der Waals surface area contributed by atoms with Crippen LogP contribution in [-0.2, 0) is 6.54 Å². The van der Waals surface area contributed by atoms with Gasteiger partial charge in [0.15, 0.2) is 0 Å². The molecule has 0 aromatic carbocycles. The number of hydrogen-bond donors (Lipinski definition) is 1. The van der Waals surface area contributed by atoms with Crippen molar-refractivity contribution in [2.75, 3.05) is 19.4 Å². The van der Waals surface area contributed by atoms with Crippen molar-refractivity contribution in [3.63, 3.8) is 0 Å². The fraction of sp³-hybridized carbons (Fsp3) is 0.250. The minimum Gasteiger partial charge on any atom is -0.372 e. The maximum atomic E-state index is 12.1. The van der Waals surface area contributed by atoms with Gasteiger partial charge in [0.05, 0.1) is 18.9 Å². The number of rotatable bonds is 4. The molecule has 2 aromatic rings. The van der Waals surface area contributed by atoms with Crippen molar-refractivity contribution in [3.05, 3.63) is 40.5 Å². The Kier molecular flexibility index (Phi) is 3.88. The smallest absolute Gasteiger partial charge is 0.274 e. The molecule has 18 heavy (non-hydrogen) atoms. The van der Waals surface area contributed by atoms with Crippen LogP contribution in [0.15, 0.2) is 29.9 Å². The van der Waals surface area contributed by atoms with E-state index in [9.17, 15) is 4.79 Å². The number of anilines is 1. The van der Waals surface area contributed by atoms with Crippen LogP contribution in [-0.4, -0.2) is 34.9 Å². The highest BCUT2D eigenvalue weighted by Gasteiger charge is 2.14. The second-order valence-corrected chi connectivity index (χ2v) is 4.81. The molecular formula is C12H14N4OS. The van der Waals surface area contributed by atoms with Gasteiger partial charge in [0.25, 0.3) is 5.91 Å². The van der Waals surface area contributed by atoms with E-state index in [0.29, 0.717) is 18.1 Å². The predicted octanol–water partition coefficient (Wildman–Crippen LogP) is 1.85. The number of aromatic nitrogens is 2. The molecule has 6 heteroatoms. The van der Waals surface area contributed by atoms with E-state index >= 15 is 0 Å². The molecule has 2 rings (SSSR count). The first-order valence-electron chi connectivity index (χ1n) is 5.48. The number of carbonyl (C=O) groups excluding carboxylic acids is 1. The highest BCUT2D eigenvalue weighted by molar-refractivity contribution is 7.09. The molecule has 1 N–H and O–H groups in total. The van der Waals surface area contributed by atoms with Crippen LogP contribution < -0.4 is 5.32 Å². The molecule has 0 aliphatic heterocycles. The van der Waals surface area contributed by atoms with Crippen LogP contribution in [0.2, 0.25) is 0 Å². The van der Waals surface area contributed by atoms with Crippen LogP contribution in [0.5, 0.6) is 0 Å². The molecule has 5 nitrogen and oxygen atoms in total. The van der Waals surface area contributed by atoms with Crippen molar-refractivity contribution in [1.29, 1.82) is 0 Å². The molecule has 0 bridgehead atoms. The van der Waals surface area contributed by atoms with Crippen LogP contribution in [0.25, 0.3) is 0 Å². The summed E-state index contributed by atoms with van der Waals surface area (Å²) in [5.74, 6) is 0.457. The zero-order chi connectivity index (χ0) is 13.0. The standard InChI is InChI=1S/C12H14N4OS/c1-13-11-7-14-6-10(15-11)12(17)16(2)8-9-4-3-5-18-9/h3-7H,8H2,1-2H3,(H,13,15). The van der Waals surface area contributed by atoms with Crippen molar-refractivity contribution in [2.24, 2.45) is 0 Å². The Hall–Kier alpha value is -1.95. The van der Waals surface area contributed by atoms with E-state index in [2.05, 4.69) is 15.3 Å². The molecule has 0 spiro atoms. The normalized spacial score (nSPS) is 10.1. The average molecular weight is 262 g/mol. The largest absolute Gasteiger partial charge is 0.372 e. The minimum absolute atomic E-state index is 0.131. The molecule has 0 atom stereocenters. The summed E-state index contributed by atoms with van der Waals surface area (Å²) in [5, 5.41) is 4.86. The first-order chi connectivity index (χ1) is 8.70. The topological polar surface area (TPSA) is 58.1 Å². The summed E-state index contributed by atoms with van der Waals surface area (Å²) >= 11 is 1.63. The van der Waals surface area contributed by atoms with Gasteiger partial charge in [0.1, 0.15) is 11.5 Å². The lowest BCUT2D eigenvalue weighted by Crippen LogP contribution is -2.27. The Labute approximate surface area is 109 Å². The number of amides is 1. The summed E-state index contributed by atoms with van der Waals surface area (Å²) < 4.78 is 0. The fourth-order valence-electron chi connectivity index (χ4n) is 1.49. The summed E-state index contributed by atoms with van der Waals surface area (Å²) in [5.41, 5.74) is 0.348. The summed E-state index contributed by atoms with van der Waals surface area (Å²) in [6.45, 7) is 0.585. The van der Waals surface area contributed by atoms with Gasteiger partial charge in [-0.2, -0.15) is 0 Å². The zero-order valence-electron chi connectivity index (χ0n) is 10.3. The highest BCUT2D eigenvalue weighted by atomic mass is 32.1. The fourth-order valence-corrected chi connectivity index (χ4v) is 2.25. The summed E-state index contributed by atoms with van der Waals surface area (Å²) in [7, 11) is 3.50. The van der Waals surface area contributed by atoms with Crippen molar-refractivity contribution in [2.45, 2.75) is 6.54 Å². The van der Waals surface area contributed by atoms with Gasteiger partial charge in [0.2, 0.25) is 0 Å². The molecule has 2 heterocycles. The molecular weight excluding hydrogens is 248 g/mol. The molecule has 94 valence electrons. The van der Waals surface area contributed by atoms with E-state index in [1.165, 1.54) is 6.20 Å². The third-order valence-corrected chi connectivity index (χ3v) is 3.29. The molecule has 2 aromatic heterocycles. The van der Waals surface area contributed by atoms with Crippen molar-refractivity contribution in [3.8, 4) is 0 Å². The van der Waals surface area contributed by atoms with Crippen LogP contribution in [0.4, 0.5) is 5.82 Å². The van der Waals surface area contributed by atoms with Crippen LogP contribution in [0.1, 0.15) is 15.4 Å². The quantitative estimate of drug-likeness (QED) is 0.913. The molecule has 0 saturated carbocycles. The molecule has 0 fully saturated rings. The van der Waals surface area contributed by atoms with Crippen LogP contribution in [0, 0.1) is 0 Å². The Morgan fingerprint density at radius 2 is 2.33 bits per heavy atom. The van der Waals surface area contributed by atoms with Crippen molar-refractivity contribution < 1.29 is 4.79 Å². The lowest BCUT2D eigenvalue weighted by atomic mass is 10.3. The van der Waals surface area contributed by atoms with E-state index in [4.69, 9.17) is 0 Å². The second kappa shape index (κ2) is 5.59. The first-order valence-corrected chi connectivity index (χ1v) is 6.36. The molecule has 0 radical (unpaired) electrons. The Bertz CT molecular complexity index is 527. The Balaban J connectivity index is 2.10. The minimum atomic E-state index is -0.131. The number of thiophene rings is 1. The maximum absolute atomic E-state index is 12.1. The first kappa shape index (κ1) is 12.5. The average Bonchev–Trinajstić information content (AvgIpc) is 2.90. The summed E-state index contributed by atoms with van der Waals surface area (Å²) in [4.78, 5) is 23.1. The maximum Gasteiger partial charge on any atom is 0.274 e. The Morgan fingerprint density at radius 3 is 3.00 bits per heavy atom. The number of nitrogens with zero attached hydrogens (tertiary/aromatic N) is 3. The third kappa shape index (κ3) is 2.84. The van der Waals surface area contributed by atoms with Gasteiger partial charge in [0, 0.05) is 19.0 Å². The summed E-state index contributed by atoms with van der Waals surface area (Å²) in [6.07, 6.45) is 3.06. The molecule has 0 saturated heterocycles. The van der Waals surface area contributed by atoms with Gasteiger partial charge in [-0.3, -0.25) is 9.78 Å². The summed E-state index contributed by atoms with van der Waals surface area (Å²) in [6, 6.07) is 3.98. The van der Waals surface area contributed by atoms with Gasteiger partial charge in [-0.25, -0.2) is 4.98 Å². The van der Waals surface area contributed by atoms with Crippen molar-refractivity contribution in [1.82, 2.24) is 14.9 Å². The molecule has 0 aliphatic rings. The molecule has 0 unspecified atom stereocenters. The SMILES string of the molecule is CNc1cncc(C(=O)N(C)Cc2cccs2)n1. The van der Waals surface area contributed by atoms with E-state index in [1.54, 1.807) is 36.5 Å². The Morgan fingerprint density at radius 1 is 1.50 bits per heavy atom. The van der Waals surface area contributed by atoms with E-state index in [1.807, 2.05) is 17.5 Å². The van der Waals surface area contributed by atoms with E-state index < -0.39 is 0 Å². The lowest BCUT2D eigenvalue weighted by Gasteiger charge is -2.15. The highest BCUT2D eigenvalue weighted by Crippen LogP contribution is 2.12. The van der Waals surface area contributed by atoms with Gasteiger partial charge in [-0.1, -0.05) is 6.07 Å². The number of hydrogen-bond acceptors (Lipinski definition) is 5. The third-order valence-electron chi connectivity index (χ3n) is 2.43. The van der Waals surface area contributed by atoms with Gasteiger partial charge >= 0.3 is 0 Å². The van der Waals surface area contributed by atoms with Crippen molar-refractivity contribution >= 4 is 23.1 Å². The van der Waals surface area contributed by atoms with Gasteiger partial charge < -0.3 is 10.2 Å². The van der Waals surface area contributed by atoms with E-state index in [0.717, 1.165) is 4.88 Å².